The molecule has 0 atom stereocenters. The second kappa shape index (κ2) is 6.82. The van der Waals surface area contributed by atoms with Crippen LogP contribution < -0.4 is 10.6 Å². The van der Waals surface area contributed by atoms with Crippen LogP contribution in [0, 0.1) is 11.8 Å². The maximum Gasteiger partial charge on any atom is 0.144 e. The fraction of sp³-hybridized carbons (Fsp3) is 0.312. The van der Waals surface area contributed by atoms with Gasteiger partial charge in [-0.25, -0.2) is 9.97 Å². The van der Waals surface area contributed by atoms with Gasteiger partial charge in [0.25, 0.3) is 0 Å². The average molecular weight is 281 g/mol. The predicted molar refractivity (Wildman–Crippen MR) is 83.9 cm³/mol. The van der Waals surface area contributed by atoms with Gasteiger partial charge in [0.05, 0.1) is 12.4 Å². The van der Waals surface area contributed by atoms with Crippen LogP contribution in [0.2, 0.25) is 0 Å². The van der Waals surface area contributed by atoms with E-state index in [0.29, 0.717) is 5.69 Å². The number of rotatable bonds is 4. The Bertz CT molecular complexity index is 623. The van der Waals surface area contributed by atoms with Gasteiger partial charge >= 0.3 is 0 Å². The van der Waals surface area contributed by atoms with Crippen LogP contribution in [0.15, 0.2) is 36.9 Å². The summed E-state index contributed by atoms with van der Waals surface area (Å²) in [6.45, 7) is 4.99. The minimum atomic E-state index is 0.000463. The van der Waals surface area contributed by atoms with Gasteiger partial charge in [0.1, 0.15) is 11.5 Å². The summed E-state index contributed by atoms with van der Waals surface area (Å²) < 4.78 is 0. The van der Waals surface area contributed by atoms with Crippen LogP contribution in [0.4, 0.5) is 5.82 Å². The third kappa shape index (κ3) is 4.86. The molecule has 0 spiro atoms. The Morgan fingerprint density at radius 1 is 1.14 bits per heavy atom. The van der Waals surface area contributed by atoms with Gasteiger partial charge in [-0.05, 0) is 38.9 Å². The van der Waals surface area contributed by atoms with Crippen molar-refractivity contribution in [3.63, 3.8) is 0 Å². The van der Waals surface area contributed by atoms with E-state index < -0.39 is 0 Å². The molecule has 0 saturated heterocycles. The molecule has 0 amide bonds. The number of nitrogens with one attached hydrogen (secondary N) is 2. The lowest BCUT2D eigenvalue weighted by Gasteiger charge is -2.24. The molecular weight excluding hydrogens is 262 g/mol. The molecule has 21 heavy (non-hydrogen) atoms. The highest BCUT2D eigenvalue weighted by atomic mass is 15.1. The topological polar surface area (TPSA) is 62.7 Å². The molecule has 2 rings (SSSR count). The van der Waals surface area contributed by atoms with Gasteiger partial charge < -0.3 is 10.6 Å². The van der Waals surface area contributed by atoms with Crippen molar-refractivity contribution in [2.24, 2.45) is 0 Å². The zero-order valence-electron chi connectivity index (χ0n) is 12.5. The molecule has 0 unspecified atom stereocenters. The van der Waals surface area contributed by atoms with E-state index in [1.165, 1.54) is 0 Å². The number of likely N-dealkylation sites (N-methyl/N-ethyl adjacent to an activating group) is 1. The van der Waals surface area contributed by atoms with Crippen LogP contribution in [-0.2, 0) is 0 Å². The molecule has 0 aliphatic rings. The predicted octanol–water partition coefficient (Wildman–Crippen LogP) is 1.68. The lowest BCUT2D eigenvalue weighted by atomic mass is 10.1. The first-order chi connectivity index (χ1) is 10.1. The molecule has 108 valence electrons. The Morgan fingerprint density at radius 3 is 2.62 bits per heavy atom. The molecule has 0 aliphatic heterocycles. The number of hydrogen-bond donors (Lipinski definition) is 2. The van der Waals surface area contributed by atoms with E-state index in [4.69, 9.17) is 0 Å². The largest absolute Gasteiger partial charge is 0.367 e. The molecule has 0 bridgehead atoms. The highest BCUT2D eigenvalue weighted by Gasteiger charge is 2.13. The lowest BCUT2D eigenvalue weighted by Crippen LogP contribution is -2.42. The van der Waals surface area contributed by atoms with Gasteiger partial charge in [0.2, 0.25) is 0 Å². The molecule has 2 N–H and O–H groups in total. The van der Waals surface area contributed by atoms with Crippen LogP contribution in [0.25, 0.3) is 0 Å². The van der Waals surface area contributed by atoms with Crippen LogP contribution in [-0.4, -0.2) is 34.1 Å². The van der Waals surface area contributed by atoms with Crippen LogP contribution >= 0.6 is 0 Å². The monoisotopic (exact) mass is 281 g/mol. The van der Waals surface area contributed by atoms with Crippen molar-refractivity contribution in [1.29, 1.82) is 0 Å². The van der Waals surface area contributed by atoms with Gasteiger partial charge in [-0.1, -0.05) is 5.92 Å². The normalized spacial score (nSPS) is 10.6. The van der Waals surface area contributed by atoms with E-state index >= 15 is 0 Å². The summed E-state index contributed by atoms with van der Waals surface area (Å²) in [5.74, 6) is 6.71. The summed E-state index contributed by atoms with van der Waals surface area (Å²) in [5, 5.41) is 6.47. The number of nitrogens with zero attached hydrogens (tertiary/aromatic N) is 3. The van der Waals surface area contributed by atoms with Crippen molar-refractivity contribution >= 4 is 5.82 Å². The summed E-state index contributed by atoms with van der Waals surface area (Å²) in [6, 6.07) is 3.76. The number of hydrogen-bond acceptors (Lipinski definition) is 5. The molecule has 0 fully saturated rings. The van der Waals surface area contributed by atoms with Gasteiger partial charge in [0.15, 0.2) is 0 Å². The zero-order chi connectivity index (χ0) is 15.1. The Hall–Kier alpha value is -2.45. The number of anilines is 1. The average Bonchev–Trinajstić information content (AvgIpc) is 2.53. The summed E-state index contributed by atoms with van der Waals surface area (Å²) in [6.07, 6.45) is 6.80. The van der Waals surface area contributed by atoms with E-state index in [0.717, 1.165) is 17.9 Å². The molecular formula is C16H19N5. The zero-order valence-corrected chi connectivity index (χ0v) is 12.5. The van der Waals surface area contributed by atoms with Crippen molar-refractivity contribution in [2.75, 3.05) is 18.9 Å². The first-order valence-electron chi connectivity index (χ1n) is 6.76. The molecule has 0 saturated carbocycles. The van der Waals surface area contributed by atoms with Crippen LogP contribution in [0.1, 0.15) is 25.1 Å². The first kappa shape index (κ1) is 14.9. The molecule has 5 nitrogen and oxygen atoms in total. The standard InChI is InChI=1S/C16H19N5/c1-16(2,17-3)12-21-15-11-19-14(10-20-15)7-6-13-5-4-8-18-9-13/h4-5,8-11,17H,12H2,1-3H3,(H,20,21). The molecule has 2 aromatic rings. The minimum absolute atomic E-state index is 0.000463. The Morgan fingerprint density at radius 2 is 2.00 bits per heavy atom. The summed E-state index contributed by atoms with van der Waals surface area (Å²) in [4.78, 5) is 12.6. The van der Waals surface area contributed by atoms with E-state index in [1.54, 1.807) is 24.8 Å². The van der Waals surface area contributed by atoms with Gasteiger partial charge in [-0.3, -0.25) is 4.98 Å². The van der Waals surface area contributed by atoms with Gasteiger partial charge in [-0.2, -0.15) is 0 Å². The molecule has 0 radical (unpaired) electrons. The van der Waals surface area contributed by atoms with Crippen molar-refractivity contribution in [3.05, 3.63) is 48.2 Å². The summed E-state index contributed by atoms with van der Waals surface area (Å²) in [7, 11) is 1.94. The van der Waals surface area contributed by atoms with Crippen molar-refractivity contribution in [3.8, 4) is 11.8 Å². The number of pyridine rings is 1. The van der Waals surface area contributed by atoms with Crippen molar-refractivity contribution in [2.45, 2.75) is 19.4 Å². The maximum atomic E-state index is 4.31. The fourth-order valence-corrected chi connectivity index (χ4v) is 1.46. The second-order valence-corrected chi connectivity index (χ2v) is 5.27. The number of aromatic nitrogens is 3. The first-order valence-corrected chi connectivity index (χ1v) is 6.76. The third-order valence-electron chi connectivity index (χ3n) is 3.04. The van der Waals surface area contributed by atoms with Crippen molar-refractivity contribution < 1.29 is 0 Å². The molecule has 5 heteroatoms. The van der Waals surface area contributed by atoms with Gasteiger partial charge in [0, 0.05) is 30.0 Å². The quantitative estimate of drug-likeness (QED) is 0.835. The Kier molecular flexibility index (Phi) is 4.85. The smallest absolute Gasteiger partial charge is 0.144 e. The molecule has 2 heterocycles. The van der Waals surface area contributed by atoms with Gasteiger partial charge in [-0.15, -0.1) is 0 Å². The van der Waals surface area contributed by atoms with E-state index in [1.807, 2.05) is 19.2 Å². The van der Waals surface area contributed by atoms with E-state index in [-0.39, 0.29) is 5.54 Å². The van der Waals surface area contributed by atoms with Crippen LogP contribution in [0.5, 0.6) is 0 Å². The fourth-order valence-electron chi connectivity index (χ4n) is 1.46. The Balaban J connectivity index is 1.98. The Labute approximate surface area is 125 Å². The highest BCUT2D eigenvalue weighted by Crippen LogP contribution is 2.05. The second-order valence-electron chi connectivity index (χ2n) is 5.27. The molecule has 2 aromatic heterocycles. The summed E-state index contributed by atoms with van der Waals surface area (Å²) in [5.41, 5.74) is 1.50. The third-order valence-corrected chi connectivity index (χ3v) is 3.04. The SMILES string of the molecule is CNC(C)(C)CNc1cnc(C#Cc2cccnc2)cn1. The molecule has 0 aliphatic carbocycles. The van der Waals surface area contributed by atoms with Crippen LogP contribution in [0.3, 0.4) is 0 Å². The van der Waals surface area contributed by atoms with E-state index in [9.17, 15) is 0 Å². The molecule has 0 aromatic carbocycles. The maximum absolute atomic E-state index is 4.31. The lowest BCUT2D eigenvalue weighted by molar-refractivity contribution is 0.447. The summed E-state index contributed by atoms with van der Waals surface area (Å²) >= 11 is 0. The highest BCUT2D eigenvalue weighted by molar-refractivity contribution is 5.40. The van der Waals surface area contributed by atoms with E-state index in [2.05, 4.69) is 51.3 Å². The minimum Gasteiger partial charge on any atom is -0.367 e. The van der Waals surface area contributed by atoms with Crippen molar-refractivity contribution in [1.82, 2.24) is 20.3 Å².